The number of para-hydroxylation sites is 2. The van der Waals surface area contributed by atoms with E-state index in [0.717, 1.165) is 35.2 Å². The monoisotopic (exact) mass is 459 g/mol. The molecule has 5 saturated carbocycles. The molecule has 0 N–H and O–H groups in total. The van der Waals surface area contributed by atoms with Crippen LogP contribution < -0.4 is 5.56 Å². The highest BCUT2D eigenvalue weighted by Crippen LogP contribution is 2.70. The van der Waals surface area contributed by atoms with Crippen molar-refractivity contribution < 1.29 is 4.79 Å². The molecule has 5 heteroatoms. The summed E-state index contributed by atoms with van der Waals surface area (Å²) in [6, 6.07) is 9.27. The lowest BCUT2D eigenvalue weighted by molar-refractivity contribution is -0.226. The summed E-state index contributed by atoms with van der Waals surface area (Å²) in [6.07, 6.45) is 10.4. The molecule has 1 aromatic carbocycles. The molecule has 180 valence electrons. The maximum Gasteiger partial charge on any atom is 0.280 e. The summed E-state index contributed by atoms with van der Waals surface area (Å²) in [5.41, 5.74) is 2.35. The van der Waals surface area contributed by atoms with E-state index in [1.165, 1.54) is 58.4 Å². The Morgan fingerprint density at radius 2 is 1.91 bits per heavy atom. The number of aromatic nitrogens is 2. The van der Waals surface area contributed by atoms with Crippen molar-refractivity contribution in [3.63, 3.8) is 0 Å². The van der Waals surface area contributed by atoms with E-state index in [-0.39, 0.29) is 28.5 Å². The Balaban J connectivity index is 1.16. The molecule has 7 atom stereocenters. The second-order valence-corrected chi connectivity index (χ2v) is 12.7. The fourth-order valence-electron chi connectivity index (χ4n) is 9.55. The van der Waals surface area contributed by atoms with Crippen LogP contribution in [-0.4, -0.2) is 38.9 Å². The van der Waals surface area contributed by atoms with Gasteiger partial charge >= 0.3 is 0 Å². The van der Waals surface area contributed by atoms with E-state index in [0.29, 0.717) is 17.5 Å². The summed E-state index contributed by atoms with van der Waals surface area (Å²) in [7, 11) is 0. The van der Waals surface area contributed by atoms with Crippen LogP contribution in [0.3, 0.4) is 0 Å². The molecule has 34 heavy (non-hydrogen) atoms. The number of carbonyl (C=O) groups excluding carboxylic acids is 1. The zero-order valence-corrected chi connectivity index (χ0v) is 20.8. The Kier molecular flexibility index (Phi) is 4.40. The lowest BCUT2D eigenvalue weighted by Gasteiger charge is -2.72. The summed E-state index contributed by atoms with van der Waals surface area (Å²) in [5, 5.41) is 0. The molecule has 2 aromatic rings. The number of nitrogens with zero attached hydrogens (tertiary/aromatic N) is 3. The topological polar surface area (TPSA) is 55.2 Å². The van der Waals surface area contributed by atoms with Gasteiger partial charge in [-0.05, 0) is 86.8 Å². The van der Waals surface area contributed by atoms with Gasteiger partial charge in [-0.2, -0.15) is 0 Å². The van der Waals surface area contributed by atoms with E-state index in [4.69, 9.17) is 0 Å². The van der Waals surface area contributed by atoms with Crippen LogP contribution >= 0.6 is 0 Å². The van der Waals surface area contributed by atoms with Gasteiger partial charge in [0.2, 0.25) is 0 Å². The molecule has 6 fully saturated rings. The number of rotatable bonds is 5. The van der Waals surface area contributed by atoms with E-state index in [1.807, 2.05) is 28.8 Å². The number of benzene rings is 1. The third kappa shape index (κ3) is 2.52. The average molecular weight is 460 g/mol. The number of carbonyl (C=O) groups is 1. The number of ketones is 1. The van der Waals surface area contributed by atoms with E-state index < -0.39 is 0 Å². The summed E-state index contributed by atoms with van der Waals surface area (Å²) in [6.45, 7) is 7.71. The molecule has 6 aliphatic rings. The molecular formula is C29H37N3O2. The molecule has 5 nitrogen and oxygen atoms in total. The molecule has 1 unspecified atom stereocenters. The fourth-order valence-corrected chi connectivity index (χ4v) is 9.55. The molecule has 2 heterocycles. The number of piperidine rings is 1. The molecule has 1 aliphatic heterocycles. The number of hydrogen-bond donors (Lipinski definition) is 0. The van der Waals surface area contributed by atoms with Crippen molar-refractivity contribution in [2.24, 2.45) is 28.6 Å². The lowest BCUT2D eigenvalue weighted by atomic mass is 9.45. The minimum Gasteiger partial charge on any atom is -0.301 e. The standard InChI is InChI=1S/C29H37N3O2/c1-17(33)26-27(34)32(22-8-5-4-7-21(22)30-26)25-16-24-29(25)13-6-9-23(29)31(24)14-12-18-10-11-19-15-20(18)28(19,2)3/h4-5,7-8,18-20,23-25H,6,9-16H2,1-3H3/t18-,19-,20-,23+,24+,25+,29?/m0/s1. The van der Waals surface area contributed by atoms with Crippen molar-refractivity contribution in [2.75, 3.05) is 6.54 Å². The van der Waals surface area contributed by atoms with Crippen LogP contribution in [0.4, 0.5) is 0 Å². The van der Waals surface area contributed by atoms with Gasteiger partial charge in [-0.1, -0.05) is 32.4 Å². The Morgan fingerprint density at radius 3 is 2.68 bits per heavy atom. The SMILES string of the molecule is CC(=O)c1nc2ccccc2n([C@@H]2C[C@H]3N(CC[C@@H]4CC[C@H]5C[C@@H]4C5(C)C)[C@@H]4CCCC432)c1=O. The first kappa shape index (κ1) is 21.3. The molecular weight excluding hydrogens is 422 g/mol. The minimum absolute atomic E-state index is 0.1000. The highest BCUT2D eigenvalue weighted by molar-refractivity contribution is 5.93. The molecule has 1 saturated heterocycles. The first-order valence-electron chi connectivity index (χ1n) is 13.6. The average Bonchev–Trinajstić information content (AvgIpc) is 3.25. The second kappa shape index (κ2) is 7.02. The number of fused-ring (bicyclic) bond motifs is 3. The second-order valence-electron chi connectivity index (χ2n) is 12.7. The maximum absolute atomic E-state index is 13.5. The van der Waals surface area contributed by atoms with E-state index in [2.05, 4.69) is 23.7 Å². The van der Waals surface area contributed by atoms with Gasteiger partial charge in [0.25, 0.3) is 5.56 Å². The largest absolute Gasteiger partial charge is 0.301 e. The van der Waals surface area contributed by atoms with Gasteiger partial charge in [-0.3, -0.25) is 14.5 Å². The predicted molar refractivity (Wildman–Crippen MR) is 133 cm³/mol. The van der Waals surface area contributed by atoms with Crippen LogP contribution in [0, 0.1) is 28.6 Å². The summed E-state index contributed by atoms with van der Waals surface area (Å²) in [4.78, 5) is 33.0. The van der Waals surface area contributed by atoms with Crippen LogP contribution in [0.5, 0.6) is 0 Å². The molecule has 1 aromatic heterocycles. The summed E-state index contributed by atoms with van der Waals surface area (Å²) >= 11 is 0. The Labute approximate surface area is 201 Å². The Morgan fingerprint density at radius 1 is 1.09 bits per heavy atom. The van der Waals surface area contributed by atoms with Crippen molar-refractivity contribution in [1.82, 2.24) is 14.5 Å². The van der Waals surface area contributed by atoms with Crippen molar-refractivity contribution >= 4 is 16.8 Å². The van der Waals surface area contributed by atoms with E-state index in [9.17, 15) is 9.59 Å². The smallest absolute Gasteiger partial charge is 0.280 e. The molecule has 0 radical (unpaired) electrons. The summed E-state index contributed by atoms with van der Waals surface area (Å²) in [5.74, 6) is 2.57. The highest BCUT2D eigenvalue weighted by Gasteiger charge is 2.72. The minimum atomic E-state index is -0.232. The zero-order chi connectivity index (χ0) is 23.4. The zero-order valence-electron chi connectivity index (χ0n) is 20.8. The van der Waals surface area contributed by atoms with Gasteiger partial charge in [0.05, 0.1) is 11.0 Å². The molecule has 2 bridgehead atoms. The van der Waals surface area contributed by atoms with Gasteiger partial charge in [0.1, 0.15) is 0 Å². The Hall–Kier alpha value is -2.01. The van der Waals surface area contributed by atoms with Crippen molar-refractivity contribution in [2.45, 2.75) is 90.3 Å². The van der Waals surface area contributed by atoms with E-state index >= 15 is 0 Å². The van der Waals surface area contributed by atoms with Crippen LogP contribution in [-0.2, 0) is 0 Å². The quantitative estimate of drug-likeness (QED) is 0.575. The van der Waals surface area contributed by atoms with Gasteiger partial charge in [-0.25, -0.2) is 4.98 Å². The summed E-state index contributed by atoms with van der Waals surface area (Å²) < 4.78 is 1.98. The molecule has 5 aliphatic carbocycles. The number of Topliss-reactive ketones (excluding diaryl/α,β-unsaturated/α-hetero) is 1. The number of hydrogen-bond acceptors (Lipinski definition) is 4. The van der Waals surface area contributed by atoms with Crippen LogP contribution in [0.25, 0.3) is 11.0 Å². The van der Waals surface area contributed by atoms with Crippen LogP contribution in [0.2, 0.25) is 0 Å². The van der Waals surface area contributed by atoms with Crippen molar-refractivity contribution in [3.8, 4) is 0 Å². The van der Waals surface area contributed by atoms with Gasteiger partial charge in [0, 0.05) is 30.5 Å². The third-order valence-electron chi connectivity index (χ3n) is 11.4. The fraction of sp³-hybridized carbons (Fsp3) is 0.690. The molecule has 1 spiro atoms. The van der Waals surface area contributed by atoms with Crippen molar-refractivity contribution in [3.05, 3.63) is 40.3 Å². The van der Waals surface area contributed by atoms with Crippen LogP contribution in [0.15, 0.2) is 29.1 Å². The highest BCUT2D eigenvalue weighted by atomic mass is 16.1. The Bertz CT molecular complexity index is 1250. The number of likely N-dealkylation sites (tertiary alicyclic amines) is 1. The molecule has 8 rings (SSSR count). The van der Waals surface area contributed by atoms with Gasteiger partial charge in [0.15, 0.2) is 11.5 Å². The van der Waals surface area contributed by atoms with Gasteiger partial charge < -0.3 is 4.57 Å². The maximum atomic E-state index is 13.5. The normalized spacial score (nSPS) is 39.5. The first-order chi connectivity index (χ1) is 16.3. The first-order valence-corrected chi connectivity index (χ1v) is 13.6. The van der Waals surface area contributed by atoms with Crippen molar-refractivity contribution in [1.29, 1.82) is 0 Å². The predicted octanol–water partition coefficient (Wildman–Crippen LogP) is 5.23. The molecule has 0 amide bonds. The third-order valence-corrected chi connectivity index (χ3v) is 11.4. The lowest BCUT2D eigenvalue weighted by Crippen LogP contribution is -2.79. The van der Waals surface area contributed by atoms with Gasteiger partial charge in [-0.15, -0.1) is 0 Å². The van der Waals surface area contributed by atoms with E-state index in [1.54, 1.807) is 0 Å². The van der Waals surface area contributed by atoms with Crippen LogP contribution in [0.1, 0.15) is 88.7 Å².